The van der Waals surface area contributed by atoms with Gasteiger partial charge in [-0.05, 0) is 66.6 Å². The number of fused-ring (bicyclic) bond motifs is 1. The second kappa shape index (κ2) is 23.9. The maximum Gasteiger partial charge on any atom is 0.337 e. The lowest BCUT2D eigenvalue weighted by Crippen LogP contribution is -2.60. The molecule has 0 unspecified atom stereocenters. The van der Waals surface area contributed by atoms with Gasteiger partial charge in [-0.1, -0.05) is 103 Å². The molecule has 7 amide bonds. The number of aromatic amines is 2. The Morgan fingerprint density at radius 3 is 1.96 bits per heavy atom. The Morgan fingerprint density at radius 1 is 0.657 bits per heavy atom. The van der Waals surface area contributed by atoms with E-state index in [1.54, 1.807) is 36.7 Å². The van der Waals surface area contributed by atoms with Crippen molar-refractivity contribution in [3.05, 3.63) is 150 Å². The monoisotopic (exact) mass is 910 g/mol. The fourth-order valence-corrected chi connectivity index (χ4v) is 7.46. The number of carbonyl (C=O) groups is 6. The van der Waals surface area contributed by atoms with Gasteiger partial charge in [0.25, 0.3) is 5.91 Å². The molecular formula is C49H58N12O6. The Balaban J connectivity index is 1.21. The first-order valence-electron chi connectivity index (χ1n) is 22.1. The largest absolute Gasteiger partial charge is 0.368 e. The van der Waals surface area contributed by atoms with E-state index >= 15 is 0 Å². The van der Waals surface area contributed by atoms with Crippen molar-refractivity contribution in [2.75, 3.05) is 6.54 Å². The first kappa shape index (κ1) is 48.6. The highest BCUT2D eigenvalue weighted by molar-refractivity contribution is 5.96. The van der Waals surface area contributed by atoms with Crippen molar-refractivity contribution < 1.29 is 28.8 Å². The summed E-state index contributed by atoms with van der Waals surface area (Å²) < 4.78 is 0. The van der Waals surface area contributed by atoms with Crippen LogP contribution >= 0.6 is 0 Å². The summed E-state index contributed by atoms with van der Waals surface area (Å²) in [7, 11) is 0. The molecule has 0 bridgehead atoms. The molecule has 0 aliphatic rings. The standard InChI is InChI=1S/C49H58N12O6/c1-31(56-49(67)61(60-46(64)39(51)26-37-28-53-30-55-37)29-33-19-21-35(22-20-33)34-14-6-3-7-15-34)45(63)58-43(25-36-27-54-40-17-9-8-16-38(36)40)48(66)59-42(24-32-12-4-2-5-13-32)47(65)57-41(44(52)62)18-10-11-23-50/h2-9,12-17,19-22,27-28,30-31,39,41-43,54H,10-11,18,23-26,29,50-51H2,1H3,(H2,52,62)(H,53,55)(H,56,67)(H,57,65)(H,58,63)(H,59,66)(H,60,64)/t31-,39-,41-,42+,43-/m0/s1. The van der Waals surface area contributed by atoms with Crippen LogP contribution in [0.4, 0.5) is 4.79 Å². The molecule has 0 fully saturated rings. The van der Waals surface area contributed by atoms with Gasteiger partial charge >= 0.3 is 6.03 Å². The van der Waals surface area contributed by atoms with E-state index in [0.717, 1.165) is 32.6 Å². The Bertz CT molecular complexity index is 2570. The van der Waals surface area contributed by atoms with Crippen LogP contribution in [0.1, 0.15) is 48.6 Å². The van der Waals surface area contributed by atoms with E-state index in [0.29, 0.717) is 36.2 Å². The van der Waals surface area contributed by atoms with Crippen LogP contribution in [0.25, 0.3) is 22.0 Å². The smallest absolute Gasteiger partial charge is 0.337 e. The van der Waals surface area contributed by atoms with Crippen molar-refractivity contribution in [3.8, 4) is 11.1 Å². The number of aromatic nitrogens is 3. The molecule has 0 aliphatic heterocycles. The number of para-hydroxylation sites is 1. The third-order valence-corrected chi connectivity index (χ3v) is 11.2. The zero-order valence-corrected chi connectivity index (χ0v) is 37.2. The van der Waals surface area contributed by atoms with Crippen LogP contribution in [-0.4, -0.2) is 92.3 Å². The van der Waals surface area contributed by atoms with Crippen LogP contribution in [0.3, 0.4) is 0 Å². The van der Waals surface area contributed by atoms with Gasteiger partial charge in [0.05, 0.1) is 18.9 Å². The molecule has 0 saturated heterocycles. The summed E-state index contributed by atoms with van der Waals surface area (Å²) in [5, 5.41) is 12.8. The van der Waals surface area contributed by atoms with E-state index in [9.17, 15) is 28.8 Å². The summed E-state index contributed by atoms with van der Waals surface area (Å²) in [6.45, 7) is 1.74. The lowest BCUT2D eigenvalue weighted by atomic mass is 10.0. The zero-order valence-electron chi connectivity index (χ0n) is 37.2. The highest BCUT2D eigenvalue weighted by atomic mass is 16.2. The molecule has 18 heteroatoms. The van der Waals surface area contributed by atoms with Crippen LogP contribution in [0.15, 0.2) is 128 Å². The van der Waals surface area contributed by atoms with Gasteiger partial charge in [0.2, 0.25) is 23.6 Å². The Kier molecular flexibility index (Phi) is 17.4. The Labute approximate surface area is 388 Å². The van der Waals surface area contributed by atoms with Crippen molar-refractivity contribution in [2.24, 2.45) is 17.2 Å². The molecule has 0 radical (unpaired) electrons. The van der Waals surface area contributed by atoms with Crippen molar-refractivity contribution >= 4 is 46.5 Å². The van der Waals surface area contributed by atoms with Gasteiger partial charge in [0, 0.05) is 48.3 Å². The summed E-state index contributed by atoms with van der Waals surface area (Å²) in [5.74, 6) is -3.48. The number of imidazole rings is 1. The summed E-state index contributed by atoms with van der Waals surface area (Å²) in [6.07, 6.45) is 6.31. The molecule has 13 N–H and O–H groups in total. The minimum atomic E-state index is -1.27. The molecule has 6 rings (SSSR count). The lowest BCUT2D eigenvalue weighted by Gasteiger charge is -2.28. The van der Waals surface area contributed by atoms with Gasteiger partial charge in [-0.2, -0.15) is 0 Å². The SMILES string of the molecule is C[C@H](NC(=O)N(Cc1ccc(-c2ccccc2)cc1)NC(=O)[C@@H](N)Cc1cnc[nH]1)C(=O)N[C@@H](Cc1c[nH]c2ccccc12)C(=O)N[C@H](Cc1ccccc1)C(=O)N[C@@H](CCCCN)C(N)=O. The summed E-state index contributed by atoms with van der Waals surface area (Å²) in [6, 6.07) is 27.0. The Morgan fingerprint density at radius 2 is 1.28 bits per heavy atom. The van der Waals surface area contributed by atoms with E-state index in [2.05, 4.69) is 41.6 Å². The number of amides is 7. The number of nitrogens with two attached hydrogens (primary N) is 3. The van der Waals surface area contributed by atoms with Crippen LogP contribution in [0.5, 0.6) is 0 Å². The van der Waals surface area contributed by atoms with Gasteiger partial charge in [-0.3, -0.25) is 29.4 Å². The van der Waals surface area contributed by atoms with Gasteiger partial charge in [0.15, 0.2) is 0 Å². The summed E-state index contributed by atoms with van der Waals surface area (Å²) >= 11 is 0. The van der Waals surface area contributed by atoms with Crippen LogP contribution in [0, 0.1) is 0 Å². The lowest BCUT2D eigenvalue weighted by molar-refractivity contribution is -0.133. The van der Waals surface area contributed by atoms with E-state index in [-0.39, 0.29) is 32.2 Å². The number of hydrogen-bond donors (Lipinski definition) is 10. The maximum absolute atomic E-state index is 14.5. The number of hydrogen-bond acceptors (Lipinski definition) is 9. The molecule has 350 valence electrons. The number of rotatable bonds is 22. The topological polar surface area (TPSA) is 288 Å². The van der Waals surface area contributed by atoms with Crippen molar-refractivity contribution in [2.45, 2.75) is 82.2 Å². The Hall–Kier alpha value is -7.83. The number of benzene rings is 4. The molecule has 4 aromatic carbocycles. The number of primary amides is 1. The minimum absolute atomic E-state index is 0.0136. The fourth-order valence-electron chi connectivity index (χ4n) is 7.46. The number of unbranched alkanes of at least 4 members (excludes halogenated alkanes) is 1. The van der Waals surface area contributed by atoms with E-state index in [1.165, 1.54) is 13.3 Å². The number of nitrogens with one attached hydrogen (secondary N) is 7. The number of urea groups is 1. The first-order chi connectivity index (χ1) is 32.4. The summed E-state index contributed by atoms with van der Waals surface area (Å²) in [4.78, 5) is 92.5. The molecule has 2 aromatic heterocycles. The average molecular weight is 911 g/mol. The molecule has 18 nitrogen and oxygen atoms in total. The fraction of sp³-hybridized carbons (Fsp3) is 0.286. The van der Waals surface area contributed by atoms with Gasteiger partial charge in [-0.15, -0.1) is 0 Å². The van der Waals surface area contributed by atoms with Crippen molar-refractivity contribution in [1.29, 1.82) is 0 Å². The van der Waals surface area contributed by atoms with E-state index in [4.69, 9.17) is 17.2 Å². The minimum Gasteiger partial charge on any atom is -0.368 e. The van der Waals surface area contributed by atoms with Crippen molar-refractivity contribution in [1.82, 2.24) is 46.7 Å². The van der Waals surface area contributed by atoms with Gasteiger partial charge in [0.1, 0.15) is 24.2 Å². The highest BCUT2D eigenvalue weighted by Gasteiger charge is 2.32. The van der Waals surface area contributed by atoms with Crippen LogP contribution in [-0.2, 0) is 49.8 Å². The van der Waals surface area contributed by atoms with E-state index < -0.39 is 65.8 Å². The second-order valence-electron chi connectivity index (χ2n) is 16.3. The quantitative estimate of drug-likeness (QED) is 0.0354. The molecule has 6 aromatic rings. The molecule has 5 atom stereocenters. The molecule has 2 heterocycles. The molecule has 67 heavy (non-hydrogen) atoms. The third-order valence-electron chi connectivity index (χ3n) is 11.2. The predicted octanol–water partition coefficient (Wildman–Crippen LogP) is 2.61. The van der Waals surface area contributed by atoms with Crippen LogP contribution in [0.2, 0.25) is 0 Å². The first-order valence-corrected chi connectivity index (χ1v) is 22.1. The highest BCUT2D eigenvalue weighted by Crippen LogP contribution is 2.21. The molecule has 0 spiro atoms. The third kappa shape index (κ3) is 14.1. The molecular weight excluding hydrogens is 853 g/mol. The van der Waals surface area contributed by atoms with Gasteiger partial charge < -0.3 is 48.4 Å². The molecule has 0 saturated carbocycles. The number of hydrazine groups is 1. The maximum atomic E-state index is 14.5. The number of nitrogens with zero attached hydrogens (tertiary/aromatic N) is 2. The number of H-pyrrole nitrogens is 2. The number of carbonyl (C=O) groups excluding carboxylic acids is 6. The normalized spacial score (nSPS) is 13.3. The van der Waals surface area contributed by atoms with Crippen LogP contribution < -0.4 is 43.9 Å². The average Bonchev–Trinajstić information content (AvgIpc) is 4.01. The zero-order chi connectivity index (χ0) is 47.7. The van der Waals surface area contributed by atoms with E-state index in [1.807, 2.05) is 84.9 Å². The predicted molar refractivity (Wildman–Crippen MR) is 254 cm³/mol. The molecule has 0 aliphatic carbocycles. The second-order valence-corrected chi connectivity index (χ2v) is 16.3. The summed E-state index contributed by atoms with van der Waals surface area (Å²) in [5.41, 5.74) is 25.6. The van der Waals surface area contributed by atoms with Gasteiger partial charge in [-0.25, -0.2) is 14.8 Å². The van der Waals surface area contributed by atoms with Crippen molar-refractivity contribution in [3.63, 3.8) is 0 Å².